The Labute approximate surface area is 89.4 Å². The van der Waals surface area contributed by atoms with Gasteiger partial charge in [-0.1, -0.05) is 18.2 Å². The Morgan fingerprint density at radius 3 is 2.33 bits per heavy atom. The first-order valence-corrected chi connectivity index (χ1v) is 4.80. The topological polar surface area (TPSA) is 64.5 Å². The summed E-state index contributed by atoms with van der Waals surface area (Å²) in [6.45, 7) is 2.71. The Morgan fingerprint density at radius 1 is 1.13 bits per heavy atom. The van der Waals surface area contributed by atoms with E-state index in [2.05, 4.69) is 0 Å². The molecule has 0 atom stereocenters. The molecule has 1 aromatic carbocycles. The molecular formula is C11H16N2O2. The molecule has 2 rings (SSSR count). The number of hydrogen-bond acceptors (Lipinski definition) is 3. The standard InChI is InChI=1S/C11H13NO2.H3N/c13-11(10-4-2-1-3-5-10)12-6-8-14-9-7-12;/h1-5H,6-9H2;1H3. The maximum atomic E-state index is 11.9. The molecule has 1 aliphatic rings. The lowest BCUT2D eigenvalue weighted by molar-refractivity contribution is 0.0303. The van der Waals surface area contributed by atoms with Gasteiger partial charge in [0.2, 0.25) is 0 Å². The van der Waals surface area contributed by atoms with E-state index in [1.807, 2.05) is 35.2 Å². The fourth-order valence-corrected chi connectivity index (χ4v) is 1.53. The fraction of sp³-hybridized carbons (Fsp3) is 0.364. The summed E-state index contributed by atoms with van der Waals surface area (Å²) < 4.78 is 5.19. The first kappa shape index (κ1) is 11.7. The molecule has 4 nitrogen and oxygen atoms in total. The molecule has 0 aliphatic carbocycles. The molecule has 0 bridgehead atoms. The van der Waals surface area contributed by atoms with E-state index in [0.717, 1.165) is 5.56 Å². The average molecular weight is 208 g/mol. The van der Waals surface area contributed by atoms with E-state index in [1.54, 1.807) is 0 Å². The van der Waals surface area contributed by atoms with Crippen LogP contribution in [-0.2, 0) is 4.74 Å². The first-order chi connectivity index (χ1) is 6.88. The summed E-state index contributed by atoms with van der Waals surface area (Å²) in [5, 5.41) is 0. The molecule has 0 saturated carbocycles. The summed E-state index contributed by atoms with van der Waals surface area (Å²) in [6, 6.07) is 9.37. The first-order valence-electron chi connectivity index (χ1n) is 4.80. The van der Waals surface area contributed by atoms with Crippen LogP contribution >= 0.6 is 0 Å². The van der Waals surface area contributed by atoms with Gasteiger partial charge in [-0.3, -0.25) is 4.79 Å². The SMILES string of the molecule is N.O=C(c1ccccc1)N1CCOCC1. The maximum absolute atomic E-state index is 11.9. The van der Waals surface area contributed by atoms with Crippen molar-refractivity contribution in [1.29, 1.82) is 0 Å². The minimum Gasteiger partial charge on any atom is -0.378 e. The molecule has 0 spiro atoms. The Bertz CT molecular complexity index is 308. The van der Waals surface area contributed by atoms with Crippen LogP contribution in [0.1, 0.15) is 10.4 Å². The van der Waals surface area contributed by atoms with Crippen LogP contribution in [0.15, 0.2) is 30.3 Å². The van der Waals surface area contributed by atoms with E-state index in [9.17, 15) is 4.79 Å². The summed E-state index contributed by atoms with van der Waals surface area (Å²) in [5.74, 6) is 0.105. The van der Waals surface area contributed by atoms with Gasteiger partial charge in [0.05, 0.1) is 13.2 Å². The van der Waals surface area contributed by atoms with Crippen LogP contribution in [0.3, 0.4) is 0 Å². The summed E-state index contributed by atoms with van der Waals surface area (Å²) in [6.07, 6.45) is 0. The van der Waals surface area contributed by atoms with Crippen molar-refractivity contribution >= 4 is 5.91 Å². The quantitative estimate of drug-likeness (QED) is 0.757. The molecular weight excluding hydrogens is 192 g/mol. The third kappa shape index (κ3) is 2.78. The second kappa shape index (κ2) is 5.48. The minimum atomic E-state index is 0. The van der Waals surface area contributed by atoms with E-state index < -0.39 is 0 Å². The van der Waals surface area contributed by atoms with Crippen molar-refractivity contribution < 1.29 is 9.53 Å². The fourth-order valence-electron chi connectivity index (χ4n) is 1.53. The zero-order chi connectivity index (χ0) is 9.80. The summed E-state index contributed by atoms with van der Waals surface area (Å²) in [5.41, 5.74) is 0.759. The van der Waals surface area contributed by atoms with Crippen molar-refractivity contribution in [2.75, 3.05) is 26.3 Å². The van der Waals surface area contributed by atoms with E-state index >= 15 is 0 Å². The predicted molar refractivity (Wildman–Crippen MR) is 58.2 cm³/mol. The highest BCUT2D eigenvalue weighted by Gasteiger charge is 2.17. The molecule has 0 unspecified atom stereocenters. The summed E-state index contributed by atoms with van der Waals surface area (Å²) in [7, 11) is 0. The normalized spacial score (nSPS) is 15.6. The van der Waals surface area contributed by atoms with Crippen molar-refractivity contribution in [3.63, 3.8) is 0 Å². The zero-order valence-electron chi connectivity index (χ0n) is 8.69. The molecule has 1 saturated heterocycles. The predicted octanol–water partition coefficient (Wildman–Crippen LogP) is 1.32. The van der Waals surface area contributed by atoms with Crippen molar-refractivity contribution in [3.05, 3.63) is 35.9 Å². The van der Waals surface area contributed by atoms with Gasteiger partial charge in [-0.05, 0) is 12.1 Å². The minimum absolute atomic E-state index is 0. The average Bonchev–Trinajstić information content (AvgIpc) is 2.30. The molecule has 4 heteroatoms. The van der Waals surface area contributed by atoms with Gasteiger partial charge in [-0.2, -0.15) is 0 Å². The van der Waals surface area contributed by atoms with Gasteiger partial charge in [0, 0.05) is 18.7 Å². The van der Waals surface area contributed by atoms with Crippen LogP contribution in [0, 0.1) is 0 Å². The number of carbonyl (C=O) groups is 1. The maximum Gasteiger partial charge on any atom is 0.254 e. The molecule has 3 N–H and O–H groups in total. The Balaban J connectivity index is 0.00000112. The second-order valence-corrected chi connectivity index (χ2v) is 3.27. The molecule has 0 aromatic heterocycles. The van der Waals surface area contributed by atoms with Gasteiger partial charge in [0.25, 0.3) is 5.91 Å². The number of hydrogen-bond donors (Lipinski definition) is 1. The van der Waals surface area contributed by atoms with Crippen LogP contribution in [0.2, 0.25) is 0 Å². The molecule has 15 heavy (non-hydrogen) atoms. The van der Waals surface area contributed by atoms with Gasteiger partial charge in [-0.25, -0.2) is 0 Å². The lowest BCUT2D eigenvalue weighted by atomic mass is 10.2. The van der Waals surface area contributed by atoms with Crippen molar-refractivity contribution in [2.24, 2.45) is 0 Å². The van der Waals surface area contributed by atoms with Crippen molar-refractivity contribution in [1.82, 2.24) is 11.1 Å². The van der Waals surface area contributed by atoms with Crippen LogP contribution in [0.5, 0.6) is 0 Å². The van der Waals surface area contributed by atoms with Crippen molar-refractivity contribution in [3.8, 4) is 0 Å². The van der Waals surface area contributed by atoms with Crippen LogP contribution in [0.4, 0.5) is 0 Å². The molecule has 1 heterocycles. The highest BCUT2D eigenvalue weighted by Crippen LogP contribution is 2.06. The molecule has 82 valence electrons. The Morgan fingerprint density at radius 2 is 1.73 bits per heavy atom. The Kier molecular flexibility index (Phi) is 4.27. The monoisotopic (exact) mass is 208 g/mol. The molecule has 1 fully saturated rings. The van der Waals surface area contributed by atoms with E-state index in [-0.39, 0.29) is 12.1 Å². The van der Waals surface area contributed by atoms with Crippen LogP contribution in [0.25, 0.3) is 0 Å². The van der Waals surface area contributed by atoms with Crippen LogP contribution < -0.4 is 6.15 Å². The van der Waals surface area contributed by atoms with Crippen LogP contribution in [-0.4, -0.2) is 37.1 Å². The molecule has 1 amide bonds. The highest BCUT2D eigenvalue weighted by molar-refractivity contribution is 5.94. The van der Waals surface area contributed by atoms with E-state index in [1.165, 1.54) is 0 Å². The number of morpholine rings is 1. The summed E-state index contributed by atoms with van der Waals surface area (Å²) in [4.78, 5) is 13.7. The number of nitrogens with zero attached hydrogens (tertiary/aromatic N) is 1. The molecule has 0 radical (unpaired) electrons. The lowest BCUT2D eigenvalue weighted by Crippen LogP contribution is -2.40. The van der Waals surface area contributed by atoms with Gasteiger partial charge in [0.1, 0.15) is 0 Å². The van der Waals surface area contributed by atoms with Gasteiger partial charge in [-0.15, -0.1) is 0 Å². The lowest BCUT2D eigenvalue weighted by Gasteiger charge is -2.26. The van der Waals surface area contributed by atoms with Gasteiger partial charge in [0.15, 0.2) is 0 Å². The number of carbonyl (C=O) groups excluding carboxylic acids is 1. The molecule has 1 aliphatic heterocycles. The van der Waals surface area contributed by atoms with E-state index in [4.69, 9.17) is 4.74 Å². The van der Waals surface area contributed by atoms with Gasteiger partial charge >= 0.3 is 0 Å². The smallest absolute Gasteiger partial charge is 0.254 e. The number of amides is 1. The Hall–Kier alpha value is -1.39. The number of benzene rings is 1. The third-order valence-electron chi connectivity index (χ3n) is 2.32. The largest absolute Gasteiger partial charge is 0.378 e. The third-order valence-corrected chi connectivity index (χ3v) is 2.32. The second-order valence-electron chi connectivity index (χ2n) is 3.27. The summed E-state index contributed by atoms with van der Waals surface area (Å²) >= 11 is 0. The van der Waals surface area contributed by atoms with E-state index in [0.29, 0.717) is 26.3 Å². The highest BCUT2D eigenvalue weighted by atomic mass is 16.5. The molecule has 1 aromatic rings. The van der Waals surface area contributed by atoms with Gasteiger partial charge < -0.3 is 15.8 Å². The zero-order valence-corrected chi connectivity index (χ0v) is 8.69. The number of ether oxygens (including phenoxy) is 1. The number of rotatable bonds is 1. The van der Waals surface area contributed by atoms with Crippen molar-refractivity contribution in [2.45, 2.75) is 0 Å².